The van der Waals surface area contributed by atoms with Crippen LogP contribution in [-0.4, -0.2) is 29.0 Å². The highest BCUT2D eigenvalue weighted by molar-refractivity contribution is 6.32. The minimum Gasteiger partial charge on any atom is -0.378 e. The minimum absolute atomic E-state index is 0.0926. The molecule has 0 bridgehead atoms. The van der Waals surface area contributed by atoms with Crippen LogP contribution >= 0.6 is 11.6 Å². The molecule has 0 aliphatic carbocycles. The molecule has 5 nitrogen and oxygen atoms in total. The first-order chi connectivity index (χ1) is 10.5. The summed E-state index contributed by atoms with van der Waals surface area (Å²) in [6.45, 7) is 6.36. The Balaban J connectivity index is 2.27. The van der Waals surface area contributed by atoms with Gasteiger partial charge in [-0.1, -0.05) is 37.1 Å². The lowest BCUT2D eigenvalue weighted by Crippen LogP contribution is -2.35. The lowest BCUT2D eigenvalue weighted by molar-refractivity contribution is -0.384. The second-order valence-electron chi connectivity index (χ2n) is 5.60. The summed E-state index contributed by atoms with van der Waals surface area (Å²) in [5.41, 5.74) is 1.46. The molecule has 0 radical (unpaired) electrons. The zero-order valence-electron chi connectivity index (χ0n) is 13.0. The van der Waals surface area contributed by atoms with Crippen LogP contribution in [0.4, 0.5) is 11.4 Å². The molecular formula is C16H22ClN3O2. The van der Waals surface area contributed by atoms with Gasteiger partial charge >= 0.3 is 0 Å². The van der Waals surface area contributed by atoms with Crippen molar-refractivity contribution in [3.05, 3.63) is 45.0 Å². The molecule has 0 unspecified atom stereocenters. The molecule has 0 amide bonds. The van der Waals surface area contributed by atoms with Crippen molar-refractivity contribution in [1.82, 2.24) is 4.90 Å². The molecule has 0 saturated carbocycles. The molecule has 1 aromatic rings. The van der Waals surface area contributed by atoms with Crippen LogP contribution in [0.15, 0.2) is 24.3 Å². The van der Waals surface area contributed by atoms with Crippen LogP contribution in [-0.2, 0) is 6.54 Å². The molecule has 1 heterocycles. The zero-order chi connectivity index (χ0) is 16.1. The summed E-state index contributed by atoms with van der Waals surface area (Å²) in [6.07, 6.45) is 6.55. The molecule has 0 aromatic heterocycles. The van der Waals surface area contributed by atoms with E-state index in [0.29, 0.717) is 23.8 Å². The van der Waals surface area contributed by atoms with Crippen LogP contribution in [0, 0.1) is 10.1 Å². The van der Waals surface area contributed by atoms with Crippen LogP contribution in [0.25, 0.3) is 0 Å². The van der Waals surface area contributed by atoms with Gasteiger partial charge in [0.05, 0.1) is 4.92 Å². The molecule has 1 N–H and O–H groups in total. The largest absolute Gasteiger partial charge is 0.378 e. The normalized spacial score (nSPS) is 18.8. The summed E-state index contributed by atoms with van der Waals surface area (Å²) in [7, 11) is 0. The topological polar surface area (TPSA) is 58.4 Å². The molecule has 120 valence electrons. The second kappa shape index (κ2) is 7.61. The van der Waals surface area contributed by atoms with Gasteiger partial charge in [-0.3, -0.25) is 15.0 Å². The number of hydrogen-bond donors (Lipinski definition) is 1. The van der Waals surface area contributed by atoms with E-state index >= 15 is 0 Å². The van der Waals surface area contributed by atoms with Gasteiger partial charge in [0.15, 0.2) is 0 Å². The molecule has 1 atom stereocenters. The van der Waals surface area contributed by atoms with Crippen molar-refractivity contribution in [2.24, 2.45) is 0 Å². The summed E-state index contributed by atoms with van der Waals surface area (Å²) < 4.78 is 0. The molecule has 1 aliphatic rings. The molecule has 1 aromatic carbocycles. The number of unbranched alkanes of at least 4 members (excludes halogenated alkanes) is 1. The number of benzene rings is 1. The van der Waals surface area contributed by atoms with Crippen LogP contribution in [0.3, 0.4) is 0 Å². The number of anilines is 1. The number of rotatable bonds is 5. The minimum atomic E-state index is -0.358. The van der Waals surface area contributed by atoms with Gasteiger partial charge < -0.3 is 5.32 Å². The molecule has 0 saturated heterocycles. The Kier molecular flexibility index (Phi) is 5.80. The number of nitrogens with zero attached hydrogens (tertiary/aromatic N) is 2. The monoisotopic (exact) mass is 323 g/mol. The van der Waals surface area contributed by atoms with Crippen molar-refractivity contribution in [2.45, 2.75) is 39.3 Å². The molecule has 22 heavy (non-hydrogen) atoms. The summed E-state index contributed by atoms with van der Waals surface area (Å²) in [5.74, 6) is 0. The Morgan fingerprint density at radius 3 is 2.95 bits per heavy atom. The Bertz CT molecular complexity index is 575. The van der Waals surface area contributed by atoms with E-state index in [1.165, 1.54) is 6.07 Å². The zero-order valence-corrected chi connectivity index (χ0v) is 13.8. The fourth-order valence-electron chi connectivity index (χ4n) is 2.59. The van der Waals surface area contributed by atoms with Crippen LogP contribution in [0.2, 0.25) is 5.02 Å². The van der Waals surface area contributed by atoms with Gasteiger partial charge in [-0.05, 0) is 19.4 Å². The number of nitrogens with one attached hydrogen (secondary N) is 1. The van der Waals surface area contributed by atoms with Crippen molar-refractivity contribution in [3.8, 4) is 0 Å². The standard InChI is InChI=1S/C16H22ClN3O2/c1-3-4-5-6-9-19-11-13-14(17)7-8-15(20(21)22)16(13)18-10-12(19)2/h5-8,12,18H,3-4,9-11H2,1-2H3/b6-5+/t12-/m0/s1. The van der Waals surface area contributed by atoms with Gasteiger partial charge in [0, 0.05) is 42.3 Å². The molecule has 0 spiro atoms. The lowest BCUT2D eigenvalue weighted by atomic mass is 10.1. The quantitative estimate of drug-likeness (QED) is 0.500. The average Bonchev–Trinajstić information content (AvgIpc) is 2.65. The van der Waals surface area contributed by atoms with Crippen molar-refractivity contribution in [2.75, 3.05) is 18.4 Å². The van der Waals surface area contributed by atoms with Gasteiger partial charge in [0.25, 0.3) is 5.69 Å². The molecule has 1 aliphatic heterocycles. The van der Waals surface area contributed by atoms with E-state index in [1.54, 1.807) is 6.07 Å². The van der Waals surface area contributed by atoms with Gasteiger partial charge in [0.1, 0.15) is 5.69 Å². The Morgan fingerprint density at radius 1 is 1.50 bits per heavy atom. The molecule has 0 fully saturated rings. The fourth-order valence-corrected chi connectivity index (χ4v) is 2.81. The maximum atomic E-state index is 11.2. The van der Waals surface area contributed by atoms with E-state index < -0.39 is 0 Å². The SMILES string of the molecule is CCC/C=C/CN1Cc2c(Cl)ccc([N+](=O)[O-])c2NC[C@@H]1C. The van der Waals surface area contributed by atoms with Gasteiger partial charge in [-0.2, -0.15) is 0 Å². The van der Waals surface area contributed by atoms with Crippen molar-refractivity contribution in [3.63, 3.8) is 0 Å². The highest BCUT2D eigenvalue weighted by atomic mass is 35.5. The number of hydrogen-bond acceptors (Lipinski definition) is 4. The van der Waals surface area contributed by atoms with E-state index in [1.807, 2.05) is 0 Å². The van der Waals surface area contributed by atoms with Crippen LogP contribution in [0.1, 0.15) is 32.3 Å². The smallest absolute Gasteiger partial charge is 0.292 e. The number of fused-ring (bicyclic) bond motifs is 1. The van der Waals surface area contributed by atoms with Crippen molar-refractivity contribution < 1.29 is 4.92 Å². The van der Waals surface area contributed by atoms with E-state index in [4.69, 9.17) is 11.6 Å². The Hall–Kier alpha value is -1.59. The van der Waals surface area contributed by atoms with Crippen LogP contribution < -0.4 is 5.32 Å². The summed E-state index contributed by atoms with van der Waals surface area (Å²) in [4.78, 5) is 13.1. The van der Waals surface area contributed by atoms with Gasteiger partial charge in [-0.25, -0.2) is 0 Å². The number of nitro benzene ring substituents is 1. The van der Waals surface area contributed by atoms with E-state index in [-0.39, 0.29) is 16.7 Å². The predicted molar refractivity (Wildman–Crippen MR) is 90.5 cm³/mol. The number of nitro groups is 1. The summed E-state index contributed by atoms with van der Waals surface area (Å²) in [5, 5.41) is 15.0. The molecule has 2 rings (SSSR count). The highest BCUT2D eigenvalue weighted by Crippen LogP contribution is 2.36. The summed E-state index contributed by atoms with van der Waals surface area (Å²) >= 11 is 6.28. The third-order valence-electron chi connectivity index (χ3n) is 3.95. The second-order valence-corrected chi connectivity index (χ2v) is 6.00. The Morgan fingerprint density at radius 2 is 2.27 bits per heavy atom. The van der Waals surface area contributed by atoms with E-state index in [0.717, 1.165) is 24.9 Å². The van der Waals surface area contributed by atoms with Crippen molar-refractivity contribution in [1.29, 1.82) is 0 Å². The van der Waals surface area contributed by atoms with Crippen molar-refractivity contribution >= 4 is 23.0 Å². The maximum Gasteiger partial charge on any atom is 0.292 e. The van der Waals surface area contributed by atoms with E-state index in [9.17, 15) is 10.1 Å². The number of allylic oxidation sites excluding steroid dienone is 1. The predicted octanol–water partition coefficient (Wildman–Crippen LogP) is 4.22. The van der Waals surface area contributed by atoms with Gasteiger partial charge in [-0.15, -0.1) is 0 Å². The number of halogens is 1. The third kappa shape index (κ3) is 3.78. The average molecular weight is 324 g/mol. The first-order valence-corrected chi connectivity index (χ1v) is 8.01. The highest BCUT2D eigenvalue weighted by Gasteiger charge is 2.26. The lowest BCUT2D eigenvalue weighted by Gasteiger charge is -2.25. The molecular weight excluding hydrogens is 302 g/mol. The third-order valence-corrected chi connectivity index (χ3v) is 4.31. The summed E-state index contributed by atoms with van der Waals surface area (Å²) in [6, 6.07) is 3.35. The fraction of sp³-hybridized carbons (Fsp3) is 0.500. The Labute approximate surface area is 136 Å². The first-order valence-electron chi connectivity index (χ1n) is 7.63. The first kappa shape index (κ1) is 16.8. The molecule has 6 heteroatoms. The van der Waals surface area contributed by atoms with E-state index in [2.05, 4.69) is 36.2 Å². The van der Waals surface area contributed by atoms with Gasteiger partial charge in [0.2, 0.25) is 0 Å². The maximum absolute atomic E-state index is 11.2. The van der Waals surface area contributed by atoms with Crippen LogP contribution in [0.5, 0.6) is 0 Å².